The molecule has 1 aromatic heterocycles. The van der Waals surface area contributed by atoms with E-state index >= 15 is 0 Å². The second kappa shape index (κ2) is 5.58. The first-order chi connectivity index (χ1) is 8.22. The summed E-state index contributed by atoms with van der Waals surface area (Å²) in [6.07, 6.45) is 4.53. The fraction of sp³-hybridized carbons (Fsp3) is 0.667. The molecule has 2 heterocycles. The van der Waals surface area contributed by atoms with Crippen molar-refractivity contribution >= 4 is 23.4 Å². The summed E-state index contributed by atoms with van der Waals surface area (Å²) in [5, 5.41) is 3.94. The van der Waals surface area contributed by atoms with E-state index in [0.717, 1.165) is 35.8 Å². The van der Waals surface area contributed by atoms with E-state index in [1.165, 1.54) is 12.8 Å². The fourth-order valence-corrected chi connectivity index (χ4v) is 2.41. The highest BCUT2D eigenvalue weighted by Gasteiger charge is 2.18. The molecule has 1 aromatic rings. The number of nitrogens with one attached hydrogen (secondary N) is 1. The second-order valence-electron chi connectivity index (χ2n) is 4.52. The first kappa shape index (κ1) is 12.5. The van der Waals surface area contributed by atoms with Gasteiger partial charge in [0.1, 0.15) is 11.6 Å². The largest absolute Gasteiger partial charge is 0.373 e. The van der Waals surface area contributed by atoms with Crippen LogP contribution in [-0.2, 0) is 0 Å². The average Bonchev–Trinajstić information content (AvgIpc) is 2.39. The third-order valence-corrected chi connectivity index (χ3v) is 3.79. The molecule has 2 rings (SSSR count). The zero-order valence-corrected chi connectivity index (χ0v) is 11.5. The zero-order valence-electron chi connectivity index (χ0n) is 10.7. The van der Waals surface area contributed by atoms with Crippen LogP contribution in [0.25, 0.3) is 0 Å². The Morgan fingerprint density at radius 1 is 1.35 bits per heavy atom. The van der Waals surface area contributed by atoms with Gasteiger partial charge < -0.3 is 10.2 Å². The normalized spacial score (nSPS) is 17.2. The topological polar surface area (TPSA) is 41.0 Å². The van der Waals surface area contributed by atoms with E-state index in [9.17, 15) is 0 Å². The minimum Gasteiger partial charge on any atom is -0.373 e. The predicted molar refractivity (Wildman–Crippen MR) is 74.0 cm³/mol. The van der Waals surface area contributed by atoms with Gasteiger partial charge in [-0.15, -0.1) is 0 Å². The minimum absolute atomic E-state index is 0.838. The van der Waals surface area contributed by atoms with Crippen molar-refractivity contribution in [3.05, 3.63) is 6.07 Å². The Balaban J connectivity index is 2.19. The van der Waals surface area contributed by atoms with Crippen LogP contribution in [0.5, 0.6) is 0 Å². The zero-order chi connectivity index (χ0) is 12.3. The first-order valence-corrected chi connectivity index (χ1v) is 7.31. The Morgan fingerprint density at radius 3 is 2.65 bits per heavy atom. The van der Waals surface area contributed by atoms with Crippen LogP contribution in [0.1, 0.15) is 19.8 Å². The highest BCUT2D eigenvalue weighted by molar-refractivity contribution is 7.98. The van der Waals surface area contributed by atoms with Crippen molar-refractivity contribution in [2.24, 2.45) is 5.92 Å². The molecule has 1 aliphatic rings. The molecular weight excluding hydrogens is 232 g/mol. The van der Waals surface area contributed by atoms with E-state index in [1.807, 2.05) is 19.4 Å². The van der Waals surface area contributed by atoms with Crippen molar-refractivity contribution in [2.45, 2.75) is 24.9 Å². The van der Waals surface area contributed by atoms with Gasteiger partial charge in [0, 0.05) is 26.2 Å². The van der Waals surface area contributed by atoms with Gasteiger partial charge in [-0.2, -0.15) is 0 Å². The molecule has 1 fully saturated rings. The van der Waals surface area contributed by atoms with Crippen molar-refractivity contribution in [1.29, 1.82) is 0 Å². The third kappa shape index (κ3) is 3.03. The maximum absolute atomic E-state index is 4.59. The van der Waals surface area contributed by atoms with Crippen LogP contribution >= 0.6 is 11.8 Å². The molecule has 0 saturated carbocycles. The van der Waals surface area contributed by atoms with Gasteiger partial charge in [-0.1, -0.05) is 18.7 Å². The number of hydrogen-bond acceptors (Lipinski definition) is 5. The molecule has 0 amide bonds. The van der Waals surface area contributed by atoms with Crippen molar-refractivity contribution < 1.29 is 0 Å². The summed E-state index contributed by atoms with van der Waals surface area (Å²) in [7, 11) is 1.90. The lowest BCUT2D eigenvalue weighted by Gasteiger charge is -2.31. The van der Waals surface area contributed by atoms with Gasteiger partial charge in [-0.05, 0) is 25.0 Å². The molecule has 0 unspecified atom stereocenters. The van der Waals surface area contributed by atoms with E-state index in [-0.39, 0.29) is 0 Å². The van der Waals surface area contributed by atoms with E-state index < -0.39 is 0 Å². The van der Waals surface area contributed by atoms with E-state index in [2.05, 4.69) is 27.1 Å². The molecule has 0 radical (unpaired) electrons. The van der Waals surface area contributed by atoms with Crippen LogP contribution in [0.3, 0.4) is 0 Å². The van der Waals surface area contributed by atoms with Gasteiger partial charge in [0.2, 0.25) is 0 Å². The van der Waals surface area contributed by atoms with E-state index in [1.54, 1.807) is 11.8 Å². The lowest BCUT2D eigenvalue weighted by Crippen LogP contribution is -2.33. The molecular formula is C12H20N4S. The minimum atomic E-state index is 0.838. The molecule has 4 nitrogen and oxygen atoms in total. The van der Waals surface area contributed by atoms with Crippen LogP contribution in [-0.4, -0.2) is 36.4 Å². The number of hydrogen-bond donors (Lipinski definition) is 1. The maximum Gasteiger partial charge on any atom is 0.191 e. The molecule has 1 aliphatic heterocycles. The Kier molecular flexibility index (Phi) is 4.10. The molecule has 0 aromatic carbocycles. The van der Waals surface area contributed by atoms with Crippen molar-refractivity contribution in [2.75, 3.05) is 36.6 Å². The number of thioether (sulfide) groups is 1. The second-order valence-corrected chi connectivity index (χ2v) is 5.29. The van der Waals surface area contributed by atoms with Crippen LogP contribution < -0.4 is 10.2 Å². The van der Waals surface area contributed by atoms with Crippen molar-refractivity contribution in [3.8, 4) is 0 Å². The fourth-order valence-electron chi connectivity index (χ4n) is 2.03. The van der Waals surface area contributed by atoms with Gasteiger partial charge in [-0.25, -0.2) is 9.97 Å². The molecule has 1 saturated heterocycles. The number of anilines is 2. The number of piperidine rings is 1. The Morgan fingerprint density at radius 2 is 2.06 bits per heavy atom. The summed E-state index contributed by atoms with van der Waals surface area (Å²) < 4.78 is 0. The molecule has 94 valence electrons. The Bertz CT molecular complexity index is 353. The summed E-state index contributed by atoms with van der Waals surface area (Å²) in [6, 6.07) is 2.04. The van der Waals surface area contributed by atoms with Gasteiger partial charge in [0.15, 0.2) is 5.16 Å². The highest BCUT2D eigenvalue weighted by Crippen LogP contribution is 2.24. The highest BCUT2D eigenvalue weighted by atomic mass is 32.2. The summed E-state index contributed by atoms with van der Waals surface area (Å²) in [5.74, 6) is 2.80. The van der Waals surface area contributed by atoms with Crippen molar-refractivity contribution in [1.82, 2.24) is 9.97 Å². The first-order valence-electron chi connectivity index (χ1n) is 6.08. The molecule has 0 bridgehead atoms. The van der Waals surface area contributed by atoms with Crippen LogP contribution in [0.4, 0.5) is 11.6 Å². The summed E-state index contributed by atoms with van der Waals surface area (Å²) in [4.78, 5) is 11.3. The van der Waals surface area contributed by atoms with Gasteiger partial charge in [0.05, 0.1) is 0 Å². The van der Waals surface area contributed by atoms with Gasteiger partial charge in [0.25, 0.3) is 0 Å². The molecule has 17 heavy (non-hydrogen) atoms. The molecule has 1 N–H and O–H groups in total. The lowest BCUT2D eigenvalue weighted by molar-refractivity contribution is 0.436. The standard InChI is InChI=1S/C12H20N4S/c1-9-4-6-16(7-5-9)11-8-10(13-2)14-12(15-11)17-3/h8-9H,4-7H2,1-3H3,(H,13,14,15). The van der Waals surface area contributed by atoms with Gasteiger partial charge in [-0.3, -0.25) is 0 Å². The predicted octanol–water partition coefficient (Wildman–Crippen LogP) is 2.48. The molecule has 0 spiro atoms. The Labute approximate surface area is 107 Å². The summed E-state index contributed by atoms with van der Waals surface area (Å²) in [6.45, 7) is 4.54. The van der Waals surface area contributed by atoms with Crippen LogP contribution in [0.2, 0.25) is 0 Å². The van der Waals surface area contributed by atoms with E-state index in [4.69, 9.17) is 0 Å². The monoisotopic (exact) mass is 252 g/mol. The molecule has 0 atom stereocenters. The third-order valence-electron chi connectivity index (χ3n) is 3.24. The van der Waals surface area contributed by atoms with Crippen molar-refractivity contribution in [3.63, 3.8) is 0 Å². The quantitative estimate of drug-likeness (QED) is 0.661. The van der Waals surface area contributed by atoms with Gasteiger partial charge >= 0.3 is 0 Å². The van der Waals surface area contributed by atoms with E-state index in [0.29, 0.717) is 0 Å². The summed E-state index contributed by atoms with van der Waals surface area (Å²) in [5.41, 5.74) is 0. The molecule has 0 aliphatic carbocycles. The smallest absolute Gasteiger partial charge is 0.191 e. The van der Waals surface area contributed by atoms with Crippen LogP contribution in [0, 0.1) is 5.92 Å². The average molecular weight is 252 g/mol. The SMILES string of the molecule is CNc1cc(N2CCC(C)CC2)nc(SC)n1. The number of nitrogens with zero attached hydrogens (tertiary/aromatic N) is 3. The number of rotatable bonds is 3. The lowest BCUT2D eigenvalue weighted by atomic mass is 9.99. The number of aromatic nitrogens is 2. The van der Waals surface area contributed by atoms with Crippen LogP contribution in [0.15, 0.2) is 11.2 Å². The summed E-state index contributed by atoms with van der Waals surface area (Å²) >= 11 is 1.59. The maximum atomic E-state index is 4.59. The Hall–Kier alpha value is -0.970. The molecule has 5 heteroatoms.